The minimum Gasteiger partial charge on any atom is -0.263 e. The summed E-state index contributed by atoms with van der Waals surface area (Å²) in [5.74, 6) is 3.55. The van der Waals surface area contributed by atoms with E-state index in [4.69, 9.17) is 0 Å². The fourth-order valence-electron chi connectivity index (χ4n) is 0.579. The SMILES string of the molecule is C=C/C(=C\C=C/C)S(=C)(C)=O. The average molecular weight is 170 g/mol. The van der Waals surface area contributed by atoms with Crippen molar-refractivity contribution < 1.29 is 4.21 Å². The lowest BCUT2D eigenvalue weighted by molar-refractivity contribution is 0.689. The van der Waals surface area contributed by atoms with Crippen LogP contribution in [0.25, 0.3) is 0 Å². The van der Waals surface area contributed by atoms with Crippen LogP contribution in [0.5, 0.6) is 0 Å². The van der Waals surface area contributed by atoms with Crippen molar-refractivity contribution in [3.05, 3.63) is 35.8 Å². The van der Waals surface area contributed by atoms with Gasteiger partial charge in [-0.25, -0.2) is 0 Å². The summed E-state index contributed by atoms with van der Waals surface area (Å²) in [5.41, 5.74) is 0. The first-order valence-electron chi connectivity index (χ1n) is 3.30. The predicted molar refractivity (Wildman–Crippen MR) is 54.3 cm³/mol. The molecule has 1 atom stereocenters. The number of rotatable bonds is 3. The lowest BCUT2D eigenvalue weighted by Gasteiger charge is -2.00. The summed E-state index contributed by atoms with van der Waals surface area (Å²) in [6, 6.07) is 0. The summed E-state index contributed by atoms with van der Waals surface area (Å²) in [5, 5.41) is 0. The first-order valence-corrected chi connectivity index (χ1v) is 5.43. The van der Waals surface area contributed by atoms with Crippen LogP contribution in [0.3, 0.4) is 0 Å². The zero-order valence-electron chi connectivity index (χ0n) is 7.04. The normalized spacial score (nSPS) is 18.2. The predicted octanol–water partition coefficient (Wildman–Crippen LogP) is 1.98. The Morgan fingerprint density at radius 1 is 1.55 bits per heavy atom. The van der Waals surface area contributed by atoms with Gasteiger partial charge in [0, 0.05) is 11.2 Å². The molecular weight excluding hydrogens is 156 g/mol. The second-order valence-corrected chi connectivity index (χ2v) is 4.79. The Hall–Kier alpha value is -0.760. The second-order valence-electron chi connectivity index (χ2n) is 2.30. The van der Waals surface area contributed by atoms with Gasteiger partial charge in [0.1, 0.15) is 0 Å². The number of hydrogen-bond donors (Lipinski definition) is 0. The maximum absolute atomic E-state index is 11.3. The molecule has 0 bridgehead atoms. The van der Waals surface area contributed by atoms with Crippen LogP contribution in [-0.2, 0) is 9.52 Å². The third-order valence-electron chi connectivity index (χ3n) is 1.15. The fourth-order valence-corrected chi connectivity index (χ4v) is 1.30. The van der Waals surface area contributed by atoms with Gasteiger partial charge in [-0.05, 0) is 28.4 Å². The molecule has 0 aromatic heterocycles. The van der Waals surface area contributed by atoms with Crippen LogP contribution in [0, 0.1) is 0 Å². The van der Waals surface area contributed by atoms with Crippen molar-refractivity contribution in [3.63, 3.8) is 0 Å². The zero-order chi connectivity index (χ0) is 8.91. The van der Waals surface area contributed by atoms with Crippen LogP contribution >= 0.6 is 0 Å². The molecule has 0 aliphatic heterocycles. The van der Waals surface area contributed by atoms with E-state index < -0.39 is 9.52 Å². The van der Waals surface area contributed by atoms with Crippen molar-refractivity contribution in [2.75, 3.05) is 6.26 Å². The van der Waals surface area contributed by atoms with Gasteiger partial charge >= 0.3 is 0 Å². The van der Waals surface area contributed by atoms with Gasteiger partial charge in [-0.1, -0.05) is 24.8 Å². The average Bonchev–Trinajstić information content (AvgIpc) is 1.87. The molecule has 0 N–H and O–H groups in total. The van der Waals surface area contributed by atoms with Crippen LogP contribution in [0.2, 0.25) is 0 Å². The van der Waals surface area contributed by atoms with Crippen molar-refractivity contribution in [2.24, 2.45) is 0 Å². The Balaban J connectivity index is 4.84. The van der Waals surface area contributed by atoms with E-state index in [1.165, 1.54) is 0 Å². The molecule has 0 spiro atoms. The molecule has 0 amide bonds. The molecule has 0 saturated heterocycles. The molecule has 0 rings (SSSR count). The highest BCUT2D eigenvalue weighted by Crippen LogP contribution is 2.04. The zero-order valence-corrected chi connectivity index (χ0v) is 7.86. The summed E-state index contributed by atoms with van der Waals surface area (Å²) in [6.07, 6.45) is 8.64. The topological polar surface area (TPSA) is 17.1 Å². The maximum Gasteiger partial charge on any atom is 0.0296 e. The van der Waals surface area contributed by atoms with Crippen LogP contribution in [0.4, 0.5) is 0 Å². The molecule has 1 nitrogen and oxygen atoms in total. The Kier molecular flexibility index (Phi) is 3.90. The lowest BCUT2D eigenvalue weighted by atomic mass is 10.4. The Morgan fingerprint density at radius 2 is 2.09 bits per heavy atom. The van der Waals surface area contributed by atoms with Crippen molar-refractivity contribution in [1.29, 1.82) is 0 Å². The van der Waals surface area contributed by atoms with Gasteiger partial charge in [-0.3, -0.25) is 4.21 Å². The minimum atomic E-state index is -2.10. The van der Waals surface area contributed by atoms with E-state index in [0.29, 0.717) is 4.91 Å². The molecule has 0 radical (unpaired) electrons. The molecule has 0 saturated carbocycles. The second kappa shape index (κ2) is 4.19. The highest BCUT2D eigenvalue weighted by Gasteiger charge is 1.97. The summed E-state index contributed by atoms with van der Waals surface area (Å²) < 4.78 is 11.3. The van der Waals surface area contributed by atoms with E-state index in [1.807, 2.05) is 19.1 Å². The van der Waals surface area contributed by atoms with Crippen molar-refractivity contribution in [1.82, 2.24) is 0 Å². The van der Waals surface area contributed by atoms with Gasteiger partial charge < -0.3 is 0 Å². The summed E-state index contributed by atoms with van der Waals surface area (Å²) in [7, 11) is -2.10. The van der Waals surface area contributed by atoms with E-state index in [0.717, 1.165) is 0 Å². The van der Waals surface area contributed by atoms with E-state index in [9.17, 15) is 4.21 Å². The molecule has 11 heavy (non-hydrogen) atoms. The Morgan fingerprint density at radius 3 is 2.36 bits per heavy atom. The van der Waals surface area contributed by atoms with E-state index in [2.05, 4.69) is 12.4 Å². The van der Waals surface area contributed by atoms with Gasteiger partial charge in [-0.15, -0.1) is 0 Å². The Labute approximate surface area is 69.1 Å². The quantitative estimate of drug-likeness (QED) is 0.467. The van der Waals surface area contributed by atoms with Crippen LogP contribution in [-0.4, -0.2) is 16.3 Å². The van der Waals surface area contributed by atoms with Gasteiger partial charge in [0.05, 0.1) is 0 Å². The molecule has 1 unspecified atom stereocenters. The third kappa shape index (κ3) is 3.83. The number of hydrogen-bond acceptors (Lipinski definition) is 1. The van der Waals surface area contributed by atoms with E-state index in [1.54, 1.807) is 18.4 Å². The van der Waals surface area contributed by atoms with Crippen molar-refractivity contribution >= 4 is 15.4 Å². The Bertz CT molecular complexity index is 279. The standard InChI is InChI=1S/C9H14OS/c1-5-7-8-9(6-2)11(3,4)10/h5-8H,2-3H2,1,4H3/b7-5-,9-8+. The molecule has 62 valence electrons. The molecular formula is C9H14OS. The van der Waals surface area contributed by atoms with Crippen LogP contribution < -0.4 is 0 Å². The van der Waals surface area contributed by atoms with E-state index >= 15 is 0 Å². The summed E-state index contributed by atoms with van der Waals surface area (Å²) >= 11 is 0. The molecule has 0 fully saturated rings. The van der Waals surface area contributed by atoms with E-state index in [-0.39, 0.29) is 0 Å². The van der Waals surface area contributed by atoms with Crippen molar-refractivity contribution in [2.45, 2.75) is 6.92 Å². The molecule has 0 heterocycles. The van der Waals surface area contributed by atoms with Crippen LogP contribution in [0.15, 0.2) is 35.8 Å². The van der Waals surface area contributed by atoms with Crippen molar-refractivity contribution in [3.8, 4) is 0 Å². The first kappa shape index (κ1) is 10.2. The monoisotopic (exact) mass is 170 g/mol. The smallest absolute Gasteiger partial charge is 0.0296 e. The fraction of sp³-hybridized carbons (Fsp3) is 0.222. The lowest BCUT2D eigenvalue weighted by Crippen LogP contribution is -1.96. The number of allylic oxidation sites excluding steroid dienone is 4. The molecule has 0 aromatic carbocycles. The molecule has 0 aliphatic rings. The summed E-state index contributed by atoms with van der Waals surface area (Å²) in [6.45, 7) is 5.46. The third-order valence-corrected chi connectivity index (χ3v) is 2.45. The largest absolute Gasteiger partial charge is 0.263 e. The molecule has 0 aliphatic carbocycles. The summed E-state index contributed by atoms with van der Waals surface area (Å²) in [4.78, 5) is 0.690. The highest BCUT2D eigenvalue weighted by molar-refractivity contribution is 8.03. The van der Waals surface area contributed by atoms with Gasteiger partial charge in [0.2, 0.25) is 0 Å². The molecule has 0 aromatic rings. The maximum atomic E-state index is 11.3. The van der Waals surface area contributed by atoms with Gasteiger partial charge in [0.15, 0.2) is 0 Å². The molecule has 2 heteroatoms. The van der Waals surface area contributed by atoms with Gasteiger partial charge in [0.25, 0.3) is 0 Å². The minimum absolute atomic E-state index is 0.690. The first-order chi connectivity index (χ1) is 5.02. The van der Waals surface area contributed by atoms with Gasteiger partial charge in [-0.2, -0.15) is 0 Å². The van der Waals surface area contributed by atoms with Crippen LogP contribution in [0.1, 0.15) is 6.92 Å². The highest BCUT2D eigenvalue weighted by atomic mass is 32.2.